The van der Waals surface area contributed by atoms with E-state index in [1.165, 1.54) is 11.1 Å². The Morgan fingerprint density at radius 3 is 2.19 bits per heavy atom. The minimum absolute atomic E-state index is 0.758. The van der Waals surface area contributed by atoms with Gasteiger partial charge in [0.1, 0.15) is 0 Å². The van der Waals surface area contributed by atoms with E-state index in [2.05, 4.69) is 17.4 Å². The molecule has 0 radical (unpaired) electrons. The number of rotatable bonds is 7. The van der Waals surface area contributed by atoms with Crippen molar-refractivity contribution < 1.29 is 29.3 Å². The fourth-order valence-corrected chi connectivity index (χ4v) is 2.36. The third-order valence-corrected chi connectivity index (χ3v) is 3.67. The van der Waals surface area contributed by atoms with Gasteiger partial charge in [0.05, 0.1) is 14.2 Å². The lowest BCUT2D eigenvalue weighted by Crippen LogP contribution is -2.16. The molecule has 0 saturated carbocycles. The predicted octanol–water partition coefficient (Wildman–Crippen LogP) is 2.85. The molecule has 0 amide bonds. The van der Waals surface area contributed by atoms with Crippen LogP contribution in [0.5, 0.6) is 11.5 Å². The summed E-state index contributed by atoms with van der Waals surface area (Å²) in [4.78, 5) is 18.2. The van der Waals surface area contributed by atoms with Crippen molar-refractivity contribution in [3.05, 3.63) is 58.6 Å². The maximum absolute atomic E-state index is 9.10. The van der Waals surface area contributed by atoms with Crippen LogP contribution in [0, 0.1) is 0 Å². The topological polar surface area (TPSA) is 105 Å². The summed E-state index contributed by atoms with van der Waals surface area (Å²) < 4.78 is 10.5. The molecule has 0 aliphatic heterocycles. The molecule has 8 heteroatoms. The highest BCUT2D eigenvalue weighted by Crippen LogP contribution is 2.27. The third-order valence-electron chi connectivity index (χ3n) is 3.44. The third kappa shape index (κ3) is 8.44. The van der Waals surface area contributed by atoms with Gasteiger partial charge >= 0.3 is 11.9 Å². The normalized spacial score (nSPS) is 9.74. The number of halogens is 1. The number of carboxylic acid groups (broad SMARTS) is 2. The van der Waals surface area contributed by atoms with Crippen molar-refractivity contribution in [2.45, 2.75) is 13.0 Å². The quantitative estimate of drug-likeness (QED) is 0.489. The van der Waals surface area contributed by atoms with E-state index in [-0.39, 0.29) is 0 Å². The Labute approximate surface area is 162 Å². The van der Waals surface area contributed by atoms with Crippen molar-refractivity contribution in [3.8, 4) is 11.5 Å². The number of hydrogen-bond donors (Lipinski definition) is 3. The number of methoxy groups -OCH3 is 2. The lowest BCUT2D eigenvalue weighted by molar-refractivity contribution is -0.159. The fraction of sp³-hybridized carbons (Fsp3) is 0.263. The molecule has 0 spiro atoms. The van der Waals surface area contributed by atoms with Crippen molar-refractivity contribution >= 4 is 23.5 Å². The highest BCUT2D eigenvalue weighted by molar-refractivity contribution is 6.30. The SMILES string of the molecule is COc1ccc(CCNCc2cccc(Cl)c2)cc1OC.O=C(O)C(=O)O. The second kappa shape index (κ2) is 11.8. The first kappa shape index (κ1) is 22.3. The largest absolute Gasteiger partial charge is 0.493 e. The first-order valence-electron chi connectivity index (χ1n) is 7.99. The molecule has 0 aliphatic rings. The van der Waals surface area contributed by atoms with Crippen LogP contribution in [0.4, 0.5) is 0 Å². The zero-order chi connectivity index (χ0) is 20.2. The van der Waals surface area contributed by atoms with Crippen LogP contribution >= 0.6 is 11.6 Å². The van der Waals surface area contributed by atoms with E-state index in [0.717, 1.165) is 36.0 Å². The lowest BCUT2D eigenvalue weighted by atomic mass is 10.1. The predicted molar refractivity (Wildman–Crippen MR) is 102 cm³/mol. The summed E-state index contributed by atoms with van der Waals surface area (Å²) in [6.45, 7) is 1.70. The van der Waals surface area contributed by atoms with Gasteiger partial charge in [0.25, 0.3) is 0 Å². The first-order chi connectivity index (χ1) is 12.9. The summed E-state index contributed by atoms with van der Waals surface area (Å²) in [7, 11) is 3.29. The maximum atomic E-state index is 9.10. The van der Waals surface area contributed by atoms with Crippen LogP contribution < -0.4 is 14.8 Å². The molecule has 0 heterocycles. The van der Waals surface area contributed by atoms with E-state index in [1.54, 1.807) is 14.2 Å². The number of ether oxygens (including phenoxy) is 2. The Kier molecular flexibility index (Phi) is 9.71. The molecule has 27 heavy (non-hydrogen) atoms. The second-order valence-corrected chi connectivity index (χ2v) is 5.79. The molecule has 2 rings (SSSR count). The average molecular weight is 396 g/mol. The number of hydrogen-bond acceptors (Lipinski definition) is 5. The van der Waals surface area contributed by atoms with Crippen LogP contribution in [0.25, 0.3) is 0 Å². The first-order valence-corrected chi connectivity index (χ1v) is 8.37. The van der Waals surface area contributed by atoms with Gasteiger partial charge in [-0.15, -0.1) is 0 Å². The molecule has 0 fully saturated rings. The molecular formula is C19H22ClNO6. The van der Waals surface area contributed by atoms with Gasteiger partial charge in [-0.05, 0) is 48.4 Å². The van der Waals surface area contributed by atoms with E-state index >= 15 is 0 Å². The van der Waals surface area contributed by atoms with Crippen LogP contribution in [-0.4, -0.2) is 42.9 Å². The Hall–Kier alpha value is -2.77. The zero-order valence-corrected chi connectivity index (χ0v) is 15.8. The molecule has 0 aromatic heterocycles. The molecule has 2 aromatic carbocycles. The van der Waals surface area contributed by atoms with E-state index in [4.69, 9.17) is 40.9 Å². The molecular weight excluding hydrogens is 374 g/mol. The van der Waals surface area contributed by atoms with Gasteiger partial charge in [-0.2, -0.15) is 0 Å². The van der Waals surface area contributed by atoms with Crippen LogP contribution in [0.2, 0.25) is 5.02 Å². The van der Waals surface area contributed by atoms with E-state index < -0.39 is 11.9 Å². The molecule has 2 aromatic rings. The smallest absolute Gasteiger partial charge is 0.414 e. The van der Waals surface area contributed by atoms with Crippen LogP contribution in [-0.2, 0) is 22.6 Å². The van der Waals surface area contributed by atoms with Gasteiger partial charge in [-0.3, -0.25) is 0 Å². The Morgan fingerprint density at radius 2 is 1.63 bits per heavy atom. The molecule has 3 N–H and O–H groups in total. The fourth-order valence-electron chi connectivity index (χ4n) is 2.15. The van der Waals surface area contributed by atoms with Crippen molar-refractivity contribution in [1.82, 2.24) is 5.32 Å². The number of aliphatic carboxylic acids is 2. The summed E-state index contributed by atoms with van der Waals surface area (Å²) in [5, 5.41) is 19.0. The van der Waals surface area contributed by atoms with Crippen LogP contribution in [0.3, 0.4) is 0 Å². The van der Waals surface area contributed by atoms with Crippen molar-refractivity contribution in [2.75, 3.05) is 20.8 Å². The summed E-state index contributed by atoms with van der Waals surface area (Å²) in [6, 6.07) is 13.9. The molecule has 0 bridgehead atoms. The second-order valence-electron chi connectivity index (χ2n) is 5.36. The number of carbonyl (C=O) groups is 2. The van der Waals surface area contributed by atoms with E-state index in [9.17, 15) is 0 Å². The molecule has 0 saturated heterocycles. The highest BCUT2D eigenvalue weighted by atomic mass is 35.5. The van der Waals surface area contributed by atoms with Gasteiger partial charge in [-0.1, -0.05) is 29.8 Å². The lowest BCUT2D eigenvalue weighted by Gasteiger charge is -2.10. The van der Waals surface area contributed by atoms with Crippen molar-refractivity contribution in [3.63, 3.8) is 0 Å². The number of carboxylic acids is 2. The highest BCUT2D eigenvalue weighted by Gasteiger charge is 2.05. The van der Waals surface area contributed by atoms with Gasteiger partial charge in [0, 0.05) is 11.6 Å². The van der Waals surface area contributed by atoms with Crippen molar-refractivity contribution in [2.24, 2.45) is 0 Å². The Bertz CT molecular complexity index is 754. The molecule has 7 nitrogen and oxygen atoms in total. The molecule has 0 atom stereocenters. The number of nitrogens with one attached hydrogen (secondary N) is 1. The molecule has 0 aliphatic carbocycles. The summed E-state index contributed by atoms with van der Waals surface area (Å²) in [5.74, 6) is -2.12. The minimum atomic E-state index is -1.82. The van der Waals surface area contributed by atoms with Gasteiger partial charge in [-0.25, -0.2) is 9.59 Å². The van der Waals surface area contributed by atoms with Crippen LogP contribution in [0.1, 0.15) is 11.1 Å². The molecule has 146 valence electrons. The van der Waals surface area contributed by atoms with E-state index in [0.29, 0.717) is 0 Å². The van der Waals surface area contributed by atoms with Crippen molar-refractivity contribution in [1.29, 1.82) is 0 Å². The van der Waals surface area contributed by atoms with Gasteiger partial charge < -0.3 is 25.0 Å². The average Bonchev–Trinajstić information content (AvgIpc) is 2.65. The number of benzene rings is 2. The minimum Gasteiger partial charge on any atom is -0.493 e. The summed E-state index contributed by atoms with van der Waals surface area (Å²) in [6.07, 6.45) is 0.931. The monoisotopic (exact) mass is 395 g/mol. The van der Waals surface area contributed by atoms with Gasteiger partial charge in [0.2, 0.25) is 0 Å². The summed E-state index contributed by atoms with van der Waals surface area (Å²) >= 11 is 5.96. The zero-order valence-electron chi connectivity index (χ0n) is 15.1. The standard InChI is InChI=1S/C17H20ClNO2.C2H2O4/c1-20-16-7-6-13(11-17(16)21-2)8-9-19-12-14-4-3-5-15(18)10-14;3-1(4)2(5)6/h3-7,10-11,19H,8-9,12H2,1-2H3;(H,3,4)(H,5,6). The maximum Gasteiger partial charge on any atom is 0.414 e. The van der Waals surface area contributed by atoms with E-state index in [1.807, 2.05) is 30.3 Å². The summed E-state index contributed by atoms with van der Waals surface area (Å²) in [5.41, 5.74) is 2.40. The Morgan fingerprint density at radius 1 is 0.963 bits per heavy atom. The Balaban J connectivity index is 0.000000527. The van der Waals surface area contributed by atoms with Crippen LogP contribution in [0.15, 0.2) is 42.5 Å². The molecule has 0 unspecified atom stereocenters. The van der Waals surface area contributed by atoms with Gasteiger partial charge in [0.15, 0.2) is 11.5 Å².